The number of ether oxygens (including phenoxy) is 1. The highest BCUT2D eigenvalue weighted by Crippen LogP contribution is 2.24. The molecular weight excluding hydrogens is 300 g/mol. The number of carbonyl (C=O) groups excluding carboxylic acids is 1. The number of amides is 1. The Morgan fingerprint density at radius 2 is 1.83 bits per heavy atom. The third kappa shape index (κ3) is 4.06. The van der Waals surface area contributed by atoms with Crippen molar-refractivity contribution < 1.29 is 18.3 Å². The van der Waals surface area contributed by atoms with Gasteiger partial charge in [-0.15, -0.1) is 0 Å². The van der Waals surface area contributed by atoms with Crippen LogP contribution in [0.15, 0.2) is 30.3 Å². The summed E-state index contributed by atoms with van der Waals surface area (Å²) >= 11 is 0. The second kappa shape index (κ2) is 7.22. The Balaban J connectivity index is 2.23. The van der Waals surface area contributed by atoms with E-state index >= 15 is 0 Å². The number of benzene rings is 2. The smallest absolute Gasteiger partial charge is 0.224 e. The fourth-order valence-electron chi connectivity index (χ4n) is 2.21. The van der Waals surface area contributed by atoms with Crippen LogP contribution in [0.4, 0.5) is 8.78 Å². The summed E-state index contributed by atoms with van der Waals surface area (Å²) in [6.07, 6.45) is 0.0440. The summed E-state index contributed by atoms with van der Waals surface area (Å²) in [7, 11) is 1.52. The van der Waals surface area contributed by atoms with Gasteiger partial charge in [-0.3, -0.25) is 4.79 Å². The lowest BCUT2D eigenvalue weighted by Crippen LogP contribution is -2.21. The van der Waals surface area contributed by atoms with Gasteiger partial charge < -0.3 is 10.1 Å². The zero-order valence-corrected chi connectivity index (χ0v) is 13.4. The van der Waals surface area contributed by atoms with Gasteiger partial charge in [0.15, 0.2) is 11.6 Å². The molecule has 122 valence electrons. The molecule has 1 N–H and O–H groups in total. The summed E-state index contributed by atoms with van der Waals surface area (Å²) in [5, 5.41) is 2.49. The summed E-state index contributed by atoms with van der Waals surface area (Å²) in [6, 6.07) is 7.46. The van der Waals surface area contributed by atoms with Crippen LogP contribution in [0.25, 0.3) is 0 Å². The van der Waals surface area contributed by atoms with Crippen LogP contribution in [-0.4, -0.2) is 13.0 Å². The van der Waals surface area contributed by atoms with Crippen LogP contribution >= 0.6 is 0 Å². The molecule has 2 aromatic carbocycles. The first kappa shape index (κ1) is 16.9. The van der Waals surface area contributed by atoms with E-state index < -0.39 is 11.6 Å². The Labute approximate surface area is 134 Å². The minimum Gasteiger partial charge on any atom is -0.486 e. The van der Waals surface area contributed by atoms with Crippen molar-refractivity contribution in [2.24, 2.45) is 0 Å². The summed E-state index contributed by atoms with van der Waals surface area (Å²) in [6.45, 7) is 3.51. The molecule has 0 atom stereocenters. The van der Waals surface area contributed by atoms with E-state index in [1.165, 1.54) is 25.2 Å². The number of halogens is 2. The van der Waals surface area contributed by atoms with Crippen LogP contribution in [0.5, 0.6) is 5.75 Å². The van der Waals surface area contributed by atoms with Crippen molar-refractivity contribution in [2.75, 3.05) is 7.05 Å². The van der Waals surface area contributed by atoms with Crippen LogP contribution in [0.1, 0.15) is 22.3 Å². The molecule has 0 bridgehead atoms. The number of aryl methyl sites for hydroxylation is 2. The molecule has 0 aromatic heterocycles. The second-order valence-electron chi connectivity index (χ2n) is 5.38. The van der Waals surface area contributed by atoms with Crippen molar-refractivity contribution in [3.8, 4) is 5.75 Å². The molecule has 0 fully saturated rings. The van der Waals surface area contributed by atoms with Crippen molar-refractivity contribution in [1.82, 2.24) is 5.32 Å². The highest BCUT2D eigenvalue weighted by Gasteiger charge is 2.14. The molecule has 0 heterocycles. The van der Waals surface area contributed by atoms with Crippen molar-refractivity contribution in [3.05, 3.63) is 64.2 Å². The maximum absolute atomic E-state index is 14.0. The molecule has 0 saturated carbocycles. The molecule has 2 aromatic rings. The first-order chi connectivity index (χ1) is 10.9. The lowest BCUT2D eigenvalue weighted by Gasteiger charge is -2.13. The van der Waals surface area contributed by atoms with Gasteiger partial charge >= 0.3 is 0 Å². The maximum atomic E-state index is 14.0. The molecular formula is C18H19F2NO2. The molecule has 3 nitrogen and oxygen atoms in total. The van der Waals surface area contributed by atoms with E-state index in [9.17, 15) is 13.6 Å². The van der Waals surface area contributed by atoms with Gasteiger partial charge in [-0.25, -0.2) is 8.78 Å². The number of rotatable bonds is 5. The fraction of sp³-hybridized carbons (Fsp3) is 0.278. The summed E-state index contributed by atoms with van der Waals surface area (Å²) < 4.78 is 33.4. The standard InChI is InChI=1S/C18H19F2NO2/c1-11-7-16(20)17(8-12(11)2)23-10-14-13(9-18(22)21-3)5-4-6-15(14)19/h4-8H,9-10H2,1-3H3,(H,21,22). The molecule has 1 amide bonds. The SMILES string of the molecule is CNC(=O)Cc1cccc(F)c1COc1cc(C)c(C)cc1F. The molecule has 0 spiro atoms. The molecule has 0 aliphatic heterocycles. The van der Waals surface area contributed by atoms with Gasteiger partial charge in [0.2, 0.25) is 5.91 Å². The molecule has 0 unspecified atom stereocenters. The minimum absolute atomic E-state index is 0.0440. The van der Waals surface area contributed by atoms with Gasteiger partial charge in [-0.1, -0.05) is 12.1 Å². The number of nitrogens with one attached hydrogen (secondary N) is 1. The Bertz CT molecular complexity index is 729. The Hall–Kier alpha value is -2.43. The molecule has 0 aliphatic rings. The summed E-state index contributed by atoms with van der Waals surface area (Å²) in [5.74, 6) is -1.12. The van der Waals surface area contributed by atoms with Gasteiger partial charge in [0.05, 0.1) is 6.42 Å². The number of hydrogen-bond acceptors (Lipinski definition) is 2. The van der Waals surface area contributed by atoms with Crippen LogP contribution in [0.2, 0.25) is 0 Å². The van der Waals surface area contributed by atoms with E-state index in [0.29, 0.717) is 5.56 Å². The average Bonchev–Trinajstić information content (AvgIpc) is 2.51. The molecule has 0 saturated heterocycles. The topological polar surface area (TPSA) is 38.3 Å². The molecule has 5 heteroatoms. The average molecular weight is 319 g/mol. The third-order valence-electron chi connectivity index (χ3n) is 3.77. The van der Waals surface area contributed by atoms with Gasteiger partial charge in [0.25, 0.3) is 0 Å². The largest absolute Gasteiger partial charge is 0.486 e. The lowest BCUT2D eigenvalue weighted by molar-refractivity contribution is -0.119. The molecule has 0 aliphatic carbocycles. The van der Waals surface area contributed by atoms with Crippen molar-refractivity contribution in [2.45, 2.75) is 26.9 Å². The van der Waals surface area contributed by atoms with E-state index in [1.807, 2.05) is 6.92 Å². The third-order valence-corrected chi connectivity index (χ3v) is 3.77. The Kier molecular flexibility index (Phi) is 5.32. The van der Waals surface area contributed by atoms with E-state index in [1.54, 1.807) is 19.1 Å². The minimum atomic E-state index is -0.489. The second-order valence-corrected chi connectivity index (χ2v) is 5.38. The van der Waals surface area contributed by atoms with Gasteiger partial charge in [-0.05, 0) is 48.7 Å². The fourth-order valence-corrected chi connectivity index (χ4v) is 2.21. The van der Waals surface area contributed by atoms with Crippen LogP contribution < -0.4 is 10.1 Å². The Morgan fingerprint density at radius 3 is 2.52 bits per heavy atom. The zero-order chi connectivity index (χ0) is 17.0. The monoisotopic (exact) mass is 319 g/mol. The maximum Gasteiger partial charge on any atom is 0.224 e. The lowest BCUT2D eigenvalue weighted by atomic mass is 10.0. The van der Waals surface area contributed by atoms with Crippen molar-refractivity contribution in [1.29, 1.82) is 0 Å². The zero-order valence-electron chi connectivity index (χ0n) is 13.4. The highest BCUT2D eigenvalue weighted by atomic mass is 19.1. The van der Waals surface area contributed by atoms with Crippen LogP contribution in [0.3, 0.4) is 0 Å². The van der Waals surface area contributed by atoms with E-state index in [0.717, 1.165) is 11.1 Å². The van der Waals surface area contributed by atoms with Gasteiger partial charge in [-0.2, -0.15) is 0 Å². The Morgan fingerprint density at radius 1 is 1.13 bits per heavy atom. The highest BCUT2D eigenvalue weighted by molar-refractivity contribution is 5.78. The summed E-state index contributed by atoms with van der Waals surface area (Å²) in [4.78, 5) is 11.5. The molecule has 0 radical (unpaired) electrons. The number of carbonyl (C=O) groups is 1. The predicted octanol–water partition coefficient (Wildman–Crippen LogP) is 3.45. The first-order valence-electron chi connectivity index (χ1n) is 7.28. The van der Waals surface area contributed by atoms with E-state index in [2.05, 4.69) is 5.32 Å². The number of likely N-dealkylation sites (N-methyl/N-ethyl adjacent to an activating group) is 1. The number of hydrogen-bond donors (Lipinski definition) is 1. The van der Waals surface area contributed by atoms with Crippen molar-refractivity contribution in [3.63, 3.8) is 0 Å². The van der Waals surface area contributed by atoms with Crippen LogP contribution in [0, 0.1) is 25.5 Å². The van der Waals surface area contributed by atoms with Crippen LogP contribution in [-0.2, 0) is 17.8 Å². The normalized spacial score (nSPS) is 10.5. The quantitative estimate of drug-likeness (QED) is 0.917. The van der Waals surface area contributed by atoms with Crippen molar-refractivity contribution >= 4 is 5.91 Å². The van der Waals surface area contributed by atoms with E-state index in [4.69, 9.17) is 4.74 Å². The van der Waals surface area contributed by atoms with E-state index in [-0.39, 0.29) is 30.2 Å². The summed E-state index contributed by atoms with van der Waals surface area (Å²) in [5.41, 5.74) is 2.49. The molecule has 2 rings (SSSR count). The van der Waals surface area contributed by atoms with Gasteiger partial charge in [0.1, 0.15) is 12.4 Å². The van der Waals surface area contributed by atoms with Gasteiger partial charge in [0, 0.05) is 12.6 Å². The first-order valence-corrected chi connectivity index (χ1v) is 7.28. The molecule has 23 heavy (non-hydrogen) atoms. The predicted molar refractivity (Wildman–Crippen MR) is 84.4 cm³/mol.